The van der Waals surface area contributed by atoms with Gasteiger partial charge in [-0.1, -0.05) is 49.9 Å². The molecule has 2 rings (SSSR count). The van der Waals surface area contributed by atoms with E-state index < -0.39 is 28.0 Å². The number of esters is 1. The van der Waals surface area contributed by atoms with Crippen LogP contribution >= 0.6 is 23.2 Å². The number of rotatable bonds is 8. The zero-order valence-electron chi connectivity index (χ0n) is 16.6. The molecule has 0 aliphatic heterocycles. The van der Waals surface area contributed by atoms with Gasteiger partial charge in [-0.2, -0.15) is 0 Å². The zero-order chi connectivity index (χ0) is 21.8. The fraction of sp³-hybridized carbons (Fsp3) is 0.579. The number of halogens is 2. The topological polar surface area (TPSA) is 102 Å². The predicted octanol–water partition coefficient (Wildman–Crippen LogP) is 3.53. The highest BCUT2D eigenvalue weighted by molar-refractivity contribution is 7.89. The highest BCUT2D eigenvalue weighted by atomic mass is 35.5. The van der Waals surface area contributed by atoms with Crippen molar-refractivity contribution in [3.63, 3.8) is 0 Å². The minimum absolute atomic E-state index is 0.0637. The smallest absolute Gasteiger partial charge is 0.340 e. The molecule has 0 unspecified atom stereocenters. The third-order valence-corrected chi connectivity index (χ3v) is 6.77. The number of benzene rings is 1. The first kappa shape index (κ1) is 23.9. The monoisotopic (exact) mass is 464 g/mol. The van der Waals surface area contributed by atoms with Crippen LogP contribution in [0.3, 0.4) is 0 Å². The Balaban J connectivity index is 2.16. The summed E-state index contributed by atoms with van der Waals surface area (Å²) in [6.07, 6.45) is 2.87. The van der Waals surface area contributed by atoms with Crippen LogP contribution in [0.25, 0.3) is 0 Å². The molecule has 1 saturated carbocycles. The molecule has 7 nitrogen and oxygen atoms in total. The van der Waals surface area contributed by atoms with Gasteiger partial charge in [0.25, 0.3) is 5.91 Å². The lowest BCUT2D eigenvalue weighted by molar-refractivity contribution is -0.129. The van der Waals surface area contributed by atoms with E-state index in [1.807, 2.05) is 13.8 Å². The Labute approximate surface area is 181 Å². The molecule has 1 amide bonds. The number of carbonyl (C=O) groups is 2. The van der Waals surface area contributed by atoms with E-state index in [9.17, 15) is 18.0 Å². The van der Waals surface area contributed by atoms with Gasteiger partial charge in [-0.05, 0) is 37.8 Å². The van der Waals surface area contributed by atoms with E-state index in [0.29, 0.717) is 0 Å². The summed E-state index contributed by atoms with van der Waals surface area (Å²) >= 11 is 12.1. The molecule has 2 N–H and O–H groups in total. The first-order valence-corrected chi connectivity index (χ1v) is 11.7. The van der Waals surface area contributed by atoms with Gasteiger partial charge in [-0.3, -0.25) is 4.79 Å². The van der Waals surface area contributed by atoms with Gasteiger partial charge in [0.05, 0.1) is 15.6 Å². The molecular formula is C19H26Cl2N2O5S. The van der Waals surface area contributed by atoms with Crippen LogP contribution in [-0.2, 0) is 19.6 Å². The Morgan fingerprint density at radius 1 is 1.14 bits per heavy atom. The second-order valence-corrected chi connectivity index (χ2v) is 10.1. The van der Waals surface area contributed by atoms with Gasteiger partial charge in [0.1, 0.15) is 4.90 Å². The standard InChI is InChI=1S/C19H26Cl2N2O5S/c1-11(2)10-22-29(26,27)17-8-14(15(20)9-16(17)21)19(25)28-12(3)18(24)23-13-6-4-5-7-13/h8-9,11-13,22H,4-7,10H2,1-3H3,(H,23,24)/t12-/m0/s1. The third kappa shape index (κ3) is 6.57. The van der Waals surface area contributed by atoms with Crippen LogP contribution in [0.1, 0.15) is 56.8 Å². The van der Waals surface area contributed by atoms with Crippen LogP contribution in [0.4, 0.5) is 0 Å². The quantitative estimate of drug-likeness (QED) is 0.572. The van der Waals surface area contributed by atoms with E-state index >= 15 is 0 Å². The van der Waals surface area contributed by atoms with E-state index in [2.05, 4.69) is 10.0 Å². The van der Waals surface area contributed by atoms with Gasteiger partial charge in [-0.15, -0.1) is 0 Å². The Hall–Kier alpha value is -1.35. The molecule has 0 spiro atoms. The number of nitrogens with one attached hydrogen (secondary N) is 2. The average molecular weight is 465 g/mol. The molecule has 10 heteroatoms. The number of sulfonamides is 1. The number of hydrogen-bond donors (Lipinski definition) is 2. The van der Waals surface area contributed by atoms with Crippen molar-refractivity contribution in [1.82, 2.24) is 10.0 Å². The average Bonchev–Trinajstić information content (AvgIpc) is 3.12. The van der Waals surface area contributed by atoms with Gasteiger partial charge < -0.3 is 10.1 Å². The zero-order valence-corrected chi connectivity index (χ0v) is 19.0. The normalized spacial score (nSPS) is 16.1. The van der Waals surface area contributed by atoms with Crippen LogP contribution < -0.4 is 10.0 Å². The lowest BCUT2D eigenvalue weighted by Crippen LogP contribution is -2.40. The molecular weight excluding hydrogens is 439 g/mol. The molecule has 1 aromatic carbocycles. The van der Waals surface area contributed by atoms with E-state index in [4.69, 9.17) is 27.9 Å². The summed E-state index contributed by atoms with van der Waals surface area (Å²) in [4.78, 5) is 24.5. The number of amides is 1. The predicted molar refractivity (Wildman–Crippen MR) is 112 cm³/mol. The van der Waals surface area contributed by atoms with Crippen molar-refractivity contribution >= 4 is 45.1 Å². The fourth-order valence-electron chi connectivity index (χ4n) is 2.91. The van der Waals surface area contributed by atoms with Crippen molar-refractivity contribution < 1.29 is 22.7 Å². The molecule has 1 aliphatic carbocycles. The first-order valence-electron chi connectivity index (χ1n) is 9.51. The molecule has 1 atom stereocenters. The van der Waals surface area contributed by atoms with E-state index in [1.54, 1.807) is 0 Å². The molecule has 1 fully saturated rings. The first-order chi connectivity index (χ1) is 13.5. The Morgan fingerprint density at radius 2 is 1.76 bits per heavy atom. The van der Waals surface area contributed by atoms with Crippen LogP contribution in [0.5, 0.6) is 0 Å². The van der Waals surface area contributed by atoms with Gasteiger partial charge in [-0.25, -0.2) is 17.9 Å². The number of hydrogen-bond acceptors (Lipinski definition) is 5. The van der Waals surface area contributed by atoms with Crippen LogP contribution in [0.15, 0.2) is 17.0 Å². The van der Waals surface area contributed by atoms with Crippen LogP contribution in [0.2, 0.25) is 10.0 Å². The largest absolute Gasteiger partial charge is 0.449 e. The van der Waals surface area contributed by atoms with Gasteiger partial charge in [0.2, 0.25) is 10.0 Å². The summed E-state index contributed by atoms with van der Waals surface area (Å²) in [6, 6.07) is 2.33. The van der Waals surface area contributed by atoms with Crippen molar-refractivity contribution in [3.8, 4) is 0 Å². The van der Waals surface area contributed by atoms with E-state index in [-0.39, 0.29) is 39.0 Å². The lowest BCUT2D eigenvalue weighted by Gasteiger charge is -2.18. The molecule has 1 aromatic rings. The molecule has 0 saturated heterocycles. The number of carbonyl (C=O) groups excluding carboxylic acids is 2. The molecule has 1 aliphatic rings. The van der Waals surface area contributed by atoms with Crippen molar-refractivity contribution in [2.75, 3.05) is 6.54 Å². The van der Waals surface area contributed by atoms with Gasteiger partial charge in [0, 0.05) is 12.6 Å². The maximum Gasteiger partial charge on any atom is 0.340 e. The maximum absolute atomic E-state index is 12.5. The van der Waals surface area contributed by atoms with Gasteiger partial charge in [0.15, 0.2) is 6.10 Å². The number of ether oxygens (including phenoxy) is 1. The van der Waals surface area contributed by atoms with Crippen molar-refractivity contribution in [3.05, 3.63) is 27.7 Å². The molecule has 0 bridgehead atoms. The molecule has 0 aromatic heterocycles. The minimum atomic E-state index is -3.95. The highest BCUT2D eigenvalue weighted by Gasteiger charge is 2.27. The lowest BCUT2D eigenvalue weighted by atomic mass is 10.2. The molecule has 0 heterocycles. The summed E-state index contributed by atoms with van der Waals surface area (Å²) in [5.41, 5.74) is -0.179. The second-order valence-electron chi connectivity index (χ2n) is 7.55. The summed E-state index contributed by atoms with van der Waals surface area (Å²) in [6.45, 7) is 5.37. The SMILES string of the molecule is CC(C)CNS(=O)(=O)c1cc(C(=O)O[C@@H](C)C(=O)NC2CCCC2)c(Cl)cc1Cl. The molecule has 29 heavy (non-hydrogen) atoms. The maximum atomic E-state index is 12.5. The minimum Gasteiger partial charge on any atom is -0.449 e. The van der Waals surface area contributed by atoms with Crippen molar-refractivity contribution in [1.29, 1.82) is 0 Å². The summed E-state index contributed by atoms with van der Waals surface area (Å²) in [5.74, 6) is -1.22. The summed E-state index contributed by atoms with van der Waals surface area (Å²) < 4.78 is 32.7. The van der Waals surface area contributed by atoms with Crippen LogP contribution in [-0.4, -0.2) is 39.0 Å². The Kier molecular flexibility index (Phi) is 8.34. The summed E-state index contributed by atoms with van der Waals surface area (Å²) in [5, 5.41) is 2.67. The Bertz CT molecular complexity index is 868. The van der Waals surface area contributed by atoms with Gasteiger partial charge >= 0.3 is 5.97 Å². The summed E-state index contributed by atoms with van der Waals surface area (Å²) in [7, 11) is -3.95. The Morgan fingerprint density at radius 3 is 2.34 bits per heavy atom. The molecule has 162 valence electrons. The van der Waals surface area contributed by atoms with E-state index in [1.165, 1.54) is 13.0 Å². The highest BCUT2D eigenvalue weighted by Crippen LogP contribution is 2.29. The molecule has 0 radical (unpaired) electrons. The van der Waals surface area contributed by atoms with Crippen molar-refractivity contribution in [2.24, 2.45) is 5.92 Å². The second kappa shape index (κ2) is 10.1. The third-order valence-electron chi connectivity index (χ3n) is 4.57. The van der Waals surface area contributed by atoms with E-state index in [0.717, 1.165) is 31.7 Å². The van der Waals surface area contributed by atoms with Crippen LogP contribution in [0, 0.1) is 5.92 Å². The van der Waals surface area contributed by atoms with Crippen molar-refractivity contribution in [2.45, 2.75) is 63.5 Å². The fourth-order valence-corrected chi connectivity index (χ4v) is 4.97.